The van der Waals surface area contributed by atoms with Gasteiger partial charge >= 0.3 is 18.0 Å². The fourth-order valence-corrected chi connectivity index (χ4v) is 3.08. The van der Waals surface area contributed by atoms with Crippen molar-refractivity contribution in [1.82, 2.24) is 10.6 Å². The molecule has 0 radical (unpaired) electrons. The number of hydrogen-bond donors (Lipinski definition) is 2. The Morgan fingerprint density at radius 2 is 2.00 bits per heavy atom. The van der Waals surface area contributed by atoms with Gasteiger partial charge in [-0.25, -0.2) is 14.4 Å². The lowest BCUT2D eigenvalue weighted by Gasteiger charge is -2.29. The first-order chi connectivity index (χ1) is 13.1. The maximum atomic E-state index is 12.6. The predicted octanol–water partition coefficient (Wildman–Crippen LogP) is 1.58. The largest absolute Gasteiger partial charge is 0.463 e. The number of hydrogen-bond acceptors (Lipinski definition) is 6. The van der Waals surface area contributed by atoms with Crippen LogP contribution in [0.15, 0.2) is 41.6 Å². The quantitative estimate of drug-likeness (QED) is 0.733. The van der Waals surface area contributed by atoms with Gasteiger partial charge < -0.3 is 24.8 Å². The highest BCUT2D eigenvalue weighted by Gasteiger charge is 2.34. The first-order valence-corrected chi connectivity index (χ1v) is 8.91. The van der Waals surface area contributed by atoms with E-state index in [1.165, 1.54) is 0 Å². The number of nitrogens with one attached hydrogen (secondary N) is 2. The minimum Gasteiger partial charge on any atom is -0.463 e. The molecule has 2 atom stereocenters. The first kappa shape index (κ1) is 18.9. The van der Waals surface area contributed by atoms with Crippen LogP contribution in [0, 0.1) is 0 Å². The Balaban J connectivity index is 1.87. The van der Waals surface area contributed by atoms with Crippen LogP contribution in [0.25, 0.3) is 0 Å². The molecule has 2 amide bonds. The van der Waals surface area contributed by atoms with Gasteiger partial charge in [-0.15, -0.1) is 0 Å². The van der Waals surface area contributed by atoms with Gasteiger partial charge in [-0.1, -0.05) is 30.3 Å². The van der Waals surface area contributed by atoms with E-state index in [1.807, 2.05) is 18.2 Å². The van der Waals surface area contributed by atoms with Crippen molar-refractivity contribution >= 4 is 18.0 Å². The zero-order valence-electron chi connectivity index (χ0n) is 15.0. The standard InChI is InChI=1S/C19H22N2O6/c1-2-25-18(23)15-13(11-27-17(22)14-9-6-10-26-14)20-19(24)21-16(15)12-7-4-3-5-8-12/h3-5,7-8,14,16H,2,6,9-11H2,1H3,(H2,20,21,24). The molecule has 144 valence electrons. The van der Waals surface area contributed by atoms with Crippen LogP contribution in [0.5, 0.6) is 0 Å². The average Bonchev–Trinajstić information content (AvgIpc) is 3.21. The van der Waals surface area contributed by atoms with Crippen LogP contribution in [0.1, 0.15) is 31.4 Å². The Bertz CT molecular complexity index is 740. The molecule has 27 heavy (non-hydrogen) atoms. The second-order valence-electron chi connectivity index (χ2n) is 6.16. The van der Waals surface area contributed by atoms with Crippen molar-refractivity contribution in [2.75, 3.05) is 19.8 Å². The van der Waals surface area contributed by atoms with E-state index in [2.05, 4.69) is 10.6 Å². The van der Waals surface area contributed by atoms with E-state index in [0.29, 0.717) is 13.0 Å². The number of ether oxygens (including phenoxy) is 3. The Morgan fingerprint density at radius 1 is 1.22 bits per heavy atom. The molecule has 2 heterocycles. The predicted molar refractivity (Wildman–Crippen MR) is 94.4 cm³/mol. The molecular weight excluding hydrogens is 352 g/mol. The number of rotatable bonds is 6. The van der Waals surface area contributed by atoms with Gasteiger partial charge in [-0.3, -0.25) is 0 Å². The summed E-state index contributed by atoms with van der Waals surface area (Å²) in [6.45, 7) is 2.15. The summed E-state index contributed by atoms with van der Waals surface area (Å²) < 4.78 is 15.7. The minimum absolute atomic E-state index is 0.181. The molecule has 0 aromatic heterocycles. The van der Waals surface area contributed by atoms with E-state index in [0.717, 1.165) is 12.0 Å². The van der Waals surface area contributed by atoms with Gasteiger partial charge in [-0.05, 0) is 25.3 Å². The number of carbonyl (C=O) groups is 3. The third kappa shape index (κ3) is 4.46. The van der Waals surface area contributed by atoms with E-state index >= 15 is 0 Å². The molecule has 8 nitrogen and oxygen atoms in total. The third-order valence-electron chi connectivity index (χ3n) is 4.33. The number of amides is 2. The van der Waals surface area contributed by atoms with Crippen molar-refractivity contribution in [2.24, 2.45) is 0 Å². The molecule has 3 rings (SSSR count). The number of urea groups is 1. The Hall–Kier alpha value is -2.87. The first-order valence-electron chi connectivity index (χ1n) is 8.91. The summed E-state index contributed by atoms with van der Waals surface area (Å²) >= 11 is 0. The smallest absolute Gasteiger partial charge is 0.338 e. The van der Waals surface area contributed by atoms with Crippen LogP contribution in [0.4, 0.5) is 4.79 Å². The summed E-state index contributed by atoms with van der Waals surface area (Å²) in [5.41, 5.74) is 1.14. The van der Waals surface area contributed by atoms with Gasteiger partial charge in [0, 0.05) is 6.61 Å². The summed E-state index contributed by atoms with van der Waals surface area (Å²) in [6.07, 6.45) is 0.801. The summed E-state index contributed by atoms with van der Waals surface area (Å²) in [7, 11) is 0. The van der Waals surface area contributed by atoms with Crippen molar-refractivity contribution in [3.05, 3.63) is 47.2 Å². The van der Waals surface area contributed by atoms with Gasteiger partial charge in [0.1, 0.15) is 6.61 Å². The van der Waals surface area contributed by atoms with Crippen LogP contribution in [0.2, 0.25) is 0 Å². The zero-order valence-corrected chi connectivity index (χ0v) is 15.0. The van der Waals surface area contributed by atoms with Crippen molar-refractivity contribution in [1.29, 1.82) is 0 Å². The van der Waals surface area contributed by atoms with E-state index in [-0.39, 0.29) is 24.5 Å². The molecule has 1 aromatic carbocycles. The van der Waals surface area contributed by atoms with E-state index in [1.54, 1.807) is 19.1 Å². The van der Waals surface area contributed by atoms with Gasteiger partial charge in [0.05, 0.1) is 23.9 Å². The molecule has 0 bridgehead atoms. The molecule has 0 aliphatic carbocycles. The molecule has 1 fully saturated rings. The highest BCUT2D eigenvalue weighted by atomic mass is 16.6. The normalized spacial score (nSPS) is 22.0. The highest BCUT2D eigenvalue weighted by molar-refractivity contribution is 5.95. The second kappa shape index (κ2) is 8.68. The van der Waals surface area contributed by atoms with Crippen LogP contribution < -0.4 is 10.6 Å². The van der Waals surface area contributed by atoms with Gasteiger partial charge in [-0.2, -0.15) is 0 Å². The molecular formula is C19H22N2O6. The Kier molecular flexibility index (Phi) is 6.08. The molecule has 2 aliphatic rings. The van der Waals surface area contributed by atoms with Crippen LogP contribution in [0.3, 0.4) is 0 Å². The Morgan fingerprint density at radius 3 is 2.67 bits per heavy atom. The minimum atomic E-state index is -0.699. The lowest BCUT2D eigenvalue weighted by atomic mass is 9.95. The van der Waals surface area contributed by atoms with E-state index in [9.17, 15) is 14.4 Å². The van der Waals surface area contributed by atoms with Crippen LogP contribution in [-0.2, 0) is 23.8 Å². The summed E-state index contributed by atoms with van der Waals surface area (Å²) in [6, 6.07) is 7.87. The van der Waals surface area contributed by atoms with Gasteiger partial charge in [0.15, 0.2) is 6.10 Å². The van der Waals surface area contributed by atoms with E-state index in [4.69, 9.17) is 14.2 Å². The topological polar surface area (TPSA) is 103 Å². The molecule has 2 aliphatic heterocycles. The van der Waals surface area contributed by atoms with Crippen LogP contribution in [-0.4, -0.2) is 43.9 Å². The molecule has 0 saturated carbocycles. The zero-order chi connectivity index (χ0) is 19.2. The molecule has 0 spiro atoms. The van der Waals surface area contributed by atoms with Crippen molar-refractivity contribution in [3.63, 3.8) is 0 Å². The van der Waals surface area contributed by atoms with Gasteiger partial charge in [0.2, 0.25) is 0 Å². The number of carbonyl (C=O) groups excluding carboxylic acids is 3. The second-order valence-corrected chi connectivity index (χ2v) is 6.16. The SMILES string of the molecule is CCOC(=O)C1=C(COC(=O)C2CCCO2)NC(=O)NC1c1ccccc1. The monoisotopic (exact) mass is 374 g/mol. The molecule has 2 unspecified atom stereocenters. The third-order valence-corrected chi connectivity index (χ3v) is 4.33. The molecule has 8 heteroatoms. The van der Waals surface area contributed by atoms with Crippen molar-refractivity contribution < 1.29 is 28.6 Å². The van der Waals surface area contributed by atoms with Crippen LogP contribution >= 0.6 is 0 Å². The van der Waals surface area contributed by atoms with E-state index < -0.39 is 30.1 Å². The average molecular weight is 374 g/mol. The van der Waals surface area contributed by atoms with Crippen molar-refractivity contribution in [3.8, 4) is 0 Å². The fraction of sp³-hybridized carbons (Fsp3) is 0.421. The number of benzene rings is 1. The van der Waals surface area contributed by atoms with Crippen molar-refractivity contribution in [2.45, 2.75) is 31.9 Å². The summed E-state index contributed by atoms with van der Waals surface area (Å²) in [4.78, 5) is 36.8. The summed E-state index contributed by atoms with van der Waals surface area (Å²) in [5.74, 6) is -1.09. The van der Waals surface area contributed by atoms with Gasteiger partial charge in [0.25, 0.3) is 0 Å². The maximum Gasteiger partial charge on any atom is 0.338 e. The molecule has 1 aromatic rings. The summed E-state index contributed by atoms with van der Waals surface area (Å²) in [5, 5.41) is 5.28. The lowest BCUT2D eigenvalue weighted by molar-refractivity contribution is -0.153. The number of esters is 2. The highest BCUT2D eigenvalue weighted by Crippen LogP contribution is 2.28. The molecule has 1 saturated heterocycles. The maximum absolute atomic E-state index is 12.6. The Labute approximate surface area is 156 Å². The fourth-order valence-electron chi connectivity index (χ4n) is 3.08. The molecule has 2 N–H and O–H groups in total. The lowest BCUT2D eigenvalue weighted by Crippen LogP contribution is -2.47.